The number of hydrogen-bond donors (Lipinski definition) is 2. The van der Waals surface area contributed by atoms with E-state index in [9.17, 15) is 5.11 Å². The lowest BCUT2D eigenvalue weighted by Crippen LogP contribution is -2.16. The van der Waals surface area contributed by atoms with Gasteiger partial charge in [0.15, 0.2) is 0 Å². The number of methoxy groups -OCH3 is 1. The molecular formula is C17H20ClNO2. The highest BCUT2D eigenvalue weighted by molar-refractivity contribution is 6.32. The number of halogens is 1. The Hall–Kier alpha value is -1.71. The lowest BCUT2D eigenvalue weighted by Gasteiger charge is -2.09. The summed E-state index contributed by atoms with van der Waals surface area (Å²) < 4.78 is 5.20. The van der Waals surface area contributed by atoms with Crippen molar-refractivity contribution in [3.63, 3.8) is 0 Å². The number of para-hydroxylation sites is 1. The minimum Gasteiger partial charge on any atom is -0.507 e. The molecule has 0 amide bonds. The van der Waals surface area contributed by atoms with Crippen LogP contribution >= 0.6 is 11.6 Å². The van der Waals surface area contributed by atoms with E-state index in [1.54, 1.807) is 7.11 Å². The van der Waals surface area contributed by atoms with Crippen molar-refractivity contribution < 1.29 is 9.84 Å². The molecule has 4 heteroatoms. The van der Waals surface area contributed by atoms with E-state index >= 15 is 0 Å². The molecule has 0 fully saturated rings. The van der Waals surface area contributed by atoms with Gasteiger partial charge in [0, 0.05) is 12.1 Å². The van der Waals surface area contributed by atoms with Crippen molar-refractivity contribution in [1.82, 2.24) is 5.32 Å². The maximum Gasteiger partial charge on any atom is 0.137 e. The SMILES string of the molecule is COc1cc(CCNCc2cccc(C)c2O)ccc1Cl. The van der Waals surface area contributed by atoms with Gasteiger partial charge < -0.3 is 15.2 Å². The molecule has 0 aliphatic carbocycles. The second-order valence-corrected chi connectivity index (χ2v) is 5.39. The quantitative estimate of drug-likeness (QED) is 0.800. The number of phenolic OH excluding ortho intramolecular Hbond substituents is 1. The molecule has 0 atom stereocenters. The highest BCUT2D eigenvalue weighted by Gasteiger charge is 2.04. The summed E-state index contributed by atoms with van der Waals surface area (Å²) in [6.45, 7) is 3.37. The largest absolute Gasteiger partial charge is 0.507 e. The molecule has 2 N–H and O–H groups in total. The Bertz CT molecular complexity index is 614. The van der Waals surface area contributed by atoms with Crippen LogP contribution in [0.3, 0.4) is 0 Å². The number of aromatic hydroxyl groups is 1. The van der Waals surface area contributed by atoms with Crippen LogP contribution in [0.1, 0.15) is 16.7 Å². The summed E-state index contributed by atoms with van der Waals surface area (Å²) in [5.74, 6) is 1.07. The fraction of sp³-hybridized carbons (Fsp3) is 0.294. The normalized spacial score (nSPS) is 10.6. The van der Waals surface area contributed by atoms with Crippen molar-refractivity contribution in [2.75, 3.05) is 13.7 Å². The maximum atomic E-state index is 9.94. The molecule has 0 aliphatic rings. The van der Waals surface area contributed by atoms with Crippen LogP contribution in [-0.2, 0) is 13.0 Å². The smallest absolute Gasteiger partial charge is 0.137 e. The first-order chi connectivity index (χ1) is 10.1. The lowest BCUT2D eigenvalue weighted by molar-refractivity contribution is 0.414. The van der Waals surface area contributed by atoms with Crippen molar-refractivity contribution in [2.24, 2.45) is 0 Å². The van der Waals surface area contributed by atoms with Gasteiger partial charge in [0.05, 0.1) is 12.1 Å². The zero-order valence-electron chi connectivity index (χ0n) is 12.3. The molecule has 0 aliphatic heterocycles. The van der Waals surface area contributed by atoms with Crippen LogP contribution in [0.25, 0.3) is 0 Å². The van der Waals surface area contributed by atoms with Gasteiger partial charge in [-0.05, 0) is 43.1 Å². The van der Waals surface area contributed by atoms with Gasteiger partial charge in [0.2, 0.25) is 0 Å². The number of rotatable bonds is 6. The van der Waals surface area contributed by atoms with E-state index < -0.39 is 0 Å². The van der Waals surface area contributed by atoms with Gasteiger partial charge in [0.25, 0.3) is 0 Å². The van der Waals surface area contributed by atoms with E-state index in [0.717, 1.165) is 29.7 Å². The van der Waals surface area contributed by atoms with E-state index in [4.69, 9.17) is 16.3 Å². The summed E-state index contributed by atoms with van der Waals surface area (Å²) in [5, 5.41) is 13.9. The second kappa shape index (κ2) is 7.34. The predicted octanol–water partition coefficient (Wildman–Crippen LogP) is 3.69. The van der Waals surface area contributed by atoms with Crippen molar-refractivity contribution in [1.29, 1.82) is 0 Å². The zero-order chi connectivity index (χ0) is 15.2. The Kier molecular flexibility index (Phi) is 5.48. The van der Waals surface area contributed by atoms with Crippen LogP contribution in [0.2, 0.25) is 5.02 Å². The van der Waals surface area contributed by atoms with Gasteiger partial charge in [0.1, 0.15) is 11.5 Å². The summed E-state index contributed by atoms with van der Waals surface area (Å²) in [6.07, 6.45) is 0.875. The Morgan fingerprint density at radius 1 is 1.24 bits per heavy atom. The molecule has 0 unspecified atom stereocenters. The molecule has 0 spiro atoms. The number of nitrogens with one attached hydrogen (secondary N) is 1. The average Bonchev–Trinajstić information content (AvgIpc) is 2.49. The van der Waals surface area contributed by atoms with Gasteiger partial charge in [-0.25, -0.2) is 0 Å². The maximum absolute atomic E-state index is 9.94. The average molecular weight is 306 g/mol. The molecule has 0 aromatic heterocycles. The number of hydrogen-bond acceptors (Lipinski definition) is 3. The van der Waals surface area contributed by atoms with E-state index in [1.165, 1.54) is 0 Å². The van der Waals surface area contributed by atoms with E-state index in [0.29, 0.717) is 23.1 Å². The molecule has 2 rings (SSSR count). The Morgan fingerprint density at radius 3 is 2.81 bits per heavy atom. The standard InChI is InChI=1S/C17H20ClNO2/c1-12-4-3-5-14(17(12)20)11-19-9-8-13-6-7-15(18)16(10-13)21-2/h3-7,10,19-20H,8-9,11H2,1-2H3. The monoisotopic (exact) mass is 305 g/mol. The zero-order valence-corrected chi connectivity index (χ0v) is 13.1. The molecule has 21 heavy (non-hydrogen) atoms. The third-order valence-corrected chi connectivity index (χ3v) is 3.76. The topological polar surface area (TPSA) is 41.5 Å². The first-order valence-electron chi connectivity index (χ1n) is 6.92. The minimum absolute atomic E-state index is 0.373. The molecule has 3 nitrogen and oxygen atoms in total. The van der Waals surface area contributed by atoms with Gasteiger partial charge in [-0.1, -0.05) is 35.9 Å². The number of ether oxygens (including phenoxy) is 1. The van der Waals surface area contributed by atoms with Crippen LogP contribution < -0.4 is 10.1 Å². The summed E-state index contributed by atoms with van der Waals surface area (Å²) in [4.78, 5) is 0. The Balaban J connectivity index is 1.86. The Morgan fingerprint density at radius 2 is 2.05 bits per heavy atom. The van der Waals surface area contributed by atoms with Crippen LogP contribution in [-0.4, -0.2) is 18.8 Å². The van der Waals surface area contributed by atoms with Crippen LogP contribution in [0.15, 0.2) is 36.4 Å². The molecular weight excluding hydrogens is 286 g/mol. The van der Waals surface area contributed by atoms with Gasteiger partial charge in [-0.3, -0.25) is 0 Å². The molecule has 0 heterocycles. The number of benzene rings is 2. The van der Waals surface area contributed by atoms with Crippen LogP contribution in [0, 0.1) is 6.92 Å². The molecule has 2 aromatic rings. The van der Waals surface area contributed by atoms with Crippen molar-refractivity contribution in [3.05, 3.63) is 58.1 Å². The van der Waals surface area contributed by atoms with Gasteiger partial charge >= 0.3 is 0 Å². The number of aryl methyl sites for hydroxylation is 1. The Labute approximate surface area is 130 Å². The fourth-order valence-corrected chi connectivity index (χ4v) is 2.37. The first-order valence-corrected chi connectivity index (χ1v) is 7.30. The van der Waals surface area contributed by atoms with E-state index in [2.05, 4.69) is 5.32 Å². The van der Waals surface area contributed by atoms with Gasteiger partial charge in [-0.15, -0.1) is 0 Å². The van der Waals surface area contributed by atoms with Gasteiger partial charge in [-0.2, -0.15) is 0 Å². The predicted molar refractivity (Wildman–Crippen MR) is 86.3 cm³/mol. The summed E-state index contributed by atoms with van der Waals surface area (Å²) in [7, 11) is 1.61. The lowest BCUT2D eigenvalue weighted by atomic mass is 10.1. The number of phenols is 1. The van der Waals surface area contributed by atoms with Crippen molar-refractivity contribution in [3.8, 4) is 11.5 Å². The van der Waals surface area contributed by atoms with Crippen molar-refractivity contribution >= 4 is 11.6 Å². The highest BCUT2D eigenvalue weighted by atomic mass is 35.5. The second-order valence-electron chi connectivity index (χ2n) is 4.98. The van der Waals surface area contributed by atoms with Crippen LogP contribution in [0.5, 0.6) is 11.5 Å². The van der Waals surface area contributed by atoms with E-state index in [1.807, 2.05) is 43.3 Å². The summed E-state index contributed by atoms with van der Waals surface area (Å²) >= 11 is 6.00. The molecule has 0 saturated carbocycles. The highest BCUT2D eigenvalue weighted by Crippen LogP contribution is 2.25. The molecule has 0 bridgehead atoms. The van der Waals surface area contributed by atoms with Crippen LogP contribution in [0.4, 0.5) is 0 Å². The summed E-state index contributed by atoms with van der Waals surface area (Å²) in [5.41, 5.74) is 2.98. The van der Waals surface area contributed by atoms with E-state index in [-0.39, 0.29) is 0 Å². The summed E-state index contributed by atoms with van der Waals surface area (Å²) in [6, 6.07) is 11.6. The minimum atomic E-state index is 0.373. The molecule has 0 saturated heterocycles. The first kappa shape index (κ1) is 15.7. The fourth-order valence-electron chi connectivity index (χ4n) is 2.18. The molecule has 0 radical (unpaired) electrons. The third-order valence-electron chi connectivity index (χ3n) is 3.44. The molecule has 112 valence electrons. The third kappa shape index (κ3) is 4.13. The van der Waals surface area contributed by atoms with Crippen molar-refractivity contribution in [2.45, 2.75) is 19.9 Å². The molecule has 2 aromatic carbocycles.